The van der Waals surface area contributed by atoms with Crippen molar-refractivity contribution in [1.29, 1.82) is 0 Å². The number of nitrogens with zero attached hydrogens (tertiary/aromatic N) is 1. The molecule has 1 aliphatic rings. The molecule has 0 unspecified atom stereocenters. The van der Waals surface area contributed by atoms with E-state index in [4.69, 9.17) is 9.47 Å². The number of rotatable bonds is 4. The van der Waals surface area contributed by atoms with Crippen LogP contribution in [0.2, 0.25) is 0 Å². The predicted molar refractivity (Wildman–Crippen MR) is 93.9 cm³/mol. The lowest BCUT2D eigenvalue weighted by atomic mass is 9.88. The lowest BCUT2D eigenvalue weighted by Crippen LogP contribution is -2.47. The number of fused-ring (bicyclic) bond motifs is 1. The predicted octanol–water partition coefficient (Wildman–Crippen LogP) is 2.90. The van der Waals surface area contributed by atoms with Gasteiger partial charge in [0.1, 0.15) is 6.04 Å². The van der Waals surface area contributed by atoms with E-state index in [9.17, 15) is 15.4 Å². The molecule has 6 heteroatoms. The fourth-order valence-electron chi connectivity index (χ4n) is 3.48. The van der Waals surface area contributed by atoms with Crippen LogP contribution in [0.4, 0.5) is 0 Å². The molecular formula is C19H23NO5. The number of ether oxygens (including phenoxy) is 2. The van der Waals surface area contributed by atoms with Crippen LogP contribution in [0, 0.1) is 5.21 Å². The lowest BCUT2D eigenvalue weighted by molar-refractivity contribution is -0.894. The molecule has 2 N–H and O–H groups in total. The summed E-state index contributed by atoms with van der Waals surface area (Å²) < 4.78 is 9.92. The standard InChI is InChI=1S/C19H23NO5/c1-20(23)7-6-13-10-19(25-3)17(22)11-14(13)15(20)8-12-4-5-16(21)18(9-12)24-2/h4-5,9-11,15,21-22H,6-8H2,1-3H3/t15-,20-/m0/s1. The van der Waals surface area contributed by atoms with E-state index in [0.29, 0.717) is 30.9 Å². The van der Waals surface area contributed by atoms with Crippen molar-refractivity contribution in [1.82, 2.24) is 0 Å². The second kappa shape index (κ2) is 6.46. The molecule has 0 radical (unpaired) electrons. The van der Waals surface area contributed by atoms with Crippen LogP contribution in [0.3, 0.4) is 0 Å². The van der Waals surface area contributed by atoms with Gasteiger partial charge in [-0.05, 0) is 35.4 Å². The molecular weight excluding hydrogens is 322 g/mol. The zero-order valence-corrected chi connectivity index (χ0v) is 14.7. The van der Waals surface area contributed by atoms with Gasteiger partial charge in [-0.1, -0.05) is 6.07 Å². The van der Waals surface area contributed by atoms with Crippen LogP contribution in [0.5, 0.6) is 23.0 Å². The van der Waals surface area contributed by atoms with Gasteiger partial charge in [0, 0.05) is 18.4 Å². The number of phenols is 2. The number of methoxy groups -OCH3 is 2. The monoisotopic (exact) mass is 345 g/mol. The van der Waals surface area contributed by atoms with Crippen molar-refractivity contribution in [2.45, 2.75) is 18.9 Å². The van der Waals surface area contributed by atoms with E-state index in [-0.39, 0.29) is 17.5 Å². The third-order valence-corrected chi connectivity index (χ3v) is 4.96. The Morgan fingerprint density at radius 1 is 1.08 bits per heavy atom. The number of likely N-dealkylation sites (N-methyl/N-ethyl adjacent to an activating group) is 1. The van der Waals surface area contributed by atoms with Gasteiger partial charge >= 0.3 is 0 Å². The summed E-state index contributed by atoms with van der Waals surface area (Å²) in [7, 11) is 4.66. The van der Waals surface area contributed by atoms with Gasteiger partial charge in [-0.15, -0.1) is 0 Å². The Bertz CT molecular complexity index is 788. The third kappa shape index (κ3) is 3.23. The van der Waals surface area contributed by atoms with Crippen LogP contribution in [0.15, 0.2) is 30.3 Å². The maximum absolute atomic E-state index is 13.1. The Kier molecular flexibility index (Phi) is 4.49. The minimum absolute atomic E-state index is 0.0384. The van der Waals surface area contributed by atoms with Gasteiger partial charge in [0.15, 0.2) is 23.0 Å². The van der Waals surface area contributed by atoms with Crippen LogP contribution in [-0.2, 0) is 12.8 Å². The number of quaternary nitrogens is 1. The van der Waals surface area contributed by atoms with Gasteiger partial charge in [0.25, 0.3) is 0 Å². The fourth-order valence-corrected chi connectivity index (χ4v) is 3.48. The molecule has 0 saturated heterocycles. The number of hydroxylamine groups is 3. The molecule has 6 nitrogen and oxygen atoms in total. The van der Waals surface area contributed by atoms with E-state index < -0.39 is 4.65 Å². The molecule has 1 heterocycles. The minimum Gasteiger partial charge on any atom is -0.633 e. The highest BCUT2D eigenvalue weighted by Crippen LogP contribution is 2.42. The summed E-state index contributed by atoms with van der Waals surface area (Å²) in [6, 6.07) is 8.20. The quantitative estimate of drug-likeness (QED) is 0.658. The molecule has 2 aromatic carbocycles. The van der Waals surface area contributed by atoms with Gasteiger partial charge in [-0.3, -0.25) is 0 Å². The highest BCUT2D eigenvalue weighted by molar-refractivity contribution is 5.49. The van der Waals surface area contributed by atoms with Gasteiger partial charge in [-0.2, -0.15) is 0 Å². The first-order valence-electron chi connectivity index (χ1n) is 8.17. The zero-order valence-electron chi connectivity index (χ0n) is 14.7. The van der Waals surface area contributed by atoms with E-state index in [1.165, 1.54) is 14.2 Å². The van der Waals surface area contributed by atoms with Crippen molar-refractivity contribution in [3.63, 3.8) is 0 Å². The van der Waals surface area contributed by atoms with Gasteiger partial charge in [0.2, 0.25) is 0 Å². The lowest BCUT2D eigenvalue weighted by Gasteiger charge is -2.49. The molecule has 0 amide bonds. The highest BCUT2D eigenvalue weighted by Gasteiger charge is 2.34. The molecule has 0 aliphatic carbocycles. The normalized spacial score (nSPS) is 22.3. The summed E-state index contributed by atoms with van der Waals surface area (Å²) in [6.07, 6.45) is 1.12. The van der Waals surface area contributed by atoms with Gasteiger partial charge in [-0.25, -0.2) is 0 Å². The van der Waals surface area contributed by atoms with E-state index in [0.717, 1.165) is 16.7 Å². The molecule has 0 saturated carbocycles. The molecule has 0 aromatic heterocycles. The summed E-state index contributed by atoms with van der Waals surface area (Å²) in [6.45, 7) is 0.459. The summed E-state index contributed by atoms with van der Waals surface area (Å²) in [5.41, 5.74) is 2.76. The number of hydrogen-bond acceptors (Lipinski definition) is 5. The summed E-state index contributed by atoms with van der Waals surface area (Å²) in [5, 5.41) is 33.0. The Labute approximate surface area is 147 Å². The summed E-state index contributed by atoms with van der Waals surface area (Å²) in [5.74, 6) is 0.908. The molecule has 3 rings (SSSR count). The molecule has 0 bridgehead atoms. The van der Waals surface area contributed by atoms with E-state index in [1.54, 1.807) is 31.3 Å². The Balaban J connectivity index is 2.01. The number of phenolic OH excluding ortho intramolecular Hbond substituents is 2. The zero-order chi connectivity index (χ0) is 18.2. The van der Waals surface area contributed by atoms with Crippen LogP contribution < -0.4 is 9.47 Å². The third-order valence-electron chi connectivity index (χ3n) is 4.96. The second-order valence-electron chi connectivity index (χ2n) is 6.60. The van der Waals surface area contributed by atoms with Crippen LogP contribution in [0.25, 0.3) is 0 Å². The Morgan fingerprint density at radius 3 is 2.44 bits per heavy atom. The molecule has 1 aliphatic heterocycles. The first-order valence-corrected chi connectivity index (χ1v) is 8.17. The molecule has 0 spiro atoms. The van der Waals surface area contributed by atoms with Crippen LogP contribution >= 0.6 is 0 Å². The van der Waals surface area contributed by atoms with E-state index in [2.05, 4.69) is 0 Å². The van der Waals surface area contributed by atoms with Gasteiger partial charge < -0.3 is 29.5 Å². The summed E-state index contributed by atoms with van der Waals surface area (Å²) in [4.78, 5) is 0. The maximum atomic E-state index is 13.1. The largest absolute Gasteiger partial charge is 0.633 e. The Hall–Kier alpha value is -2.44. The molecule has 2 atom stereocenters. The number of hydrogen-bond donors (Lipinski definition) is 2. The van der Waals surface area contributed by atoms with Crippen molar-refractivity contribution in [3.05, 3.63) is 52.2 Å². The highest BCUT2D eigenvalue weighted by atomic mass is 16.5. The molecule has 0 fully saturated rings. The van der Waals surface area contributed by atoms with Crippen molar-refractivity contribution >= 4 is 0 Å². The minimum atomic E-state index is -0.415. The van der Waals surface area contributed by atoms with Crippen molar-refractivity contribution < 1.29 is 24.3 Å². The van der Waals surface area contributed by atoms with E-state index in [1.807, 2.05) is 6.07 Å². The fraction of sp³-hybridized carbons (Fsp3) is 0.368. The van der Waals surface area contributed by atoms with Crippen LogP contribution in [0.1, 0.15) is 22.7 Å². The average molecular weight is 345 g/mol. The maximum Gasteiger partial charge on any atom is 0.160 e. The first-order chi connectivity index (χ1) is 11.9. The Morgan fingerprint density at radius 2 is 1.76 bits per heavy atom. The average Bonchev–Trinajstić information content (AvgIpc) is 2.58. The van der Waals surface area contributed by atoms with Crippen molar-refractivity contribution in [2.24, 2.45) is 0 Å². The van der Waals surface area contributed by atoms with Crippen molar-refractivity contribution in [2.75, 3.05) is 27.8 Å². The SMILES string of the molecule is COc1cc(C[C@H]2c3cc(O)c(OC)cc3CC[N@+]2(C)[O-])ccc1O. The number of benzene rings is 2. The number of aromatic hydroxyl groups is 2. The smallest absolute Gasteiger partial charge is 0.160 e. The molecule has 134 valence electrons. The topological polar surface area (TPSA) is 82.0 Å². The summed E-state index contributed by atoms with van der Waals surface area (Å²) >= 11 is 0. The molecule has 25 heavy (non-hydrogen) atoms. The molecule has 2 aromatic rings. The second-order valence-corrected chi connectivity index (χ2v) is 6.60. The van der Waals surface area contributed by atoms with Gasteiger partial charge in [0.05, 0.1) is 27.8 Å². The van der Waals surface area contributed by atoms with E-state index >= 15 is 0 Å². The van der Waals surface area contributed by atoms with Crippen molar-refractivity contribution in [3.8, 4) is 23.0 Å². The van der Waals surface area contributed by atoms with Crippen LogP contribution in [-0.4, -0.2) is 42.7 Å². The first kappa shape index (κ1) is 17.4.